The molecule has 0 aromatic heterocycles. The summed E-state index contributed by atoms with van der Waals surface area (Å²) in [7, 11) is 0. The molecule has 0 aromatic carbocycles. The SMILES string of the molecule is CCC1CNC(C)(CC)CN1CC1CCCC(C)C1. The van der Waals surface area contributed by atoms with E-state index in [-0.39, 0.29) is 0 Å². The first-order valence-electron chi connectivity index (χ1n) is 8.55. The third-order valence-electron chi connectivity index (χ3n) is 5.62. The monoisotopic (exact) mass is 266 g/mol. The van der Waals surface area contributed by atoms with Gasteiger partial charge in [0.2, 0.25) is 0 Å². The quantitative estimate of drug-likeness (QED) is 0.835. The third kappa shape index (κ3) is 3.95. The van der Waals surface area contributed by atoms with Gasteiger partial charge in [-0.05, 0) is 44.4 Å². The van der Waals surface area contributed by atoms with E-state index in [4.69, 9.17) is 0 Å². The molecule has 2 fully saturated rings. The van der Waals surface area contributed by atoms with Gasteiger partial charge in [-0.15, -0.1) is 0 Å². The third-order valence-corrected chi connectivity index (χ3v) is 5.62. The molecule has 1 aliphatic carbocycles. The van der Waals surface area contributed by atoms with E-state index in [1.807, 2.05) is 0 Å². The first kappa shape index (κ1) is 15.3. The lowest BCUT2D eigenvalue weighted by atomic mass is 9.81. The van der Waals surface area contributed by atoms with Gasteiger partial charge in [-0.2, -0.15) is 0 Å². The van der Waals surface area contributed by atoms with Crippen molar-refractivity contribution in [3.63, 3.8) is 0 Å². The van der Waals surface area contributed by atoms with Crippen LogP contribution in [0, 0.1) is 11.8 Å². The van der Waals surface area contributed by atoms with Gasteiger partial charge < -0.3 is 5.32 Å². The van der Waals surface area contributed by atoms with Crippen molar-refractivity contribution < 1.29 is 0 Å². The Balaban J connectivity index is 1.94. The fraction of sp³-hybridized carbons (Fsp3) is 1.00. The second kappa shape index (κ2) is 6.58. The Hall–Kier alpha value is -0.0800. The summed E-state index contributed by atoms with van der Waals surface area (Å²) >= 11 is 0. The van der Waals surface area contributed by atoms with Crippen LogP contribution in [0.5, 0.6) is 0 Å². The Morgan fingerprint density at radius 1 is 1.26 bits per heavy atom. The summed E-state index contributed by atoms with van der Waals surface area (Å²) < 4.78 is 0. The smallest absolute Gasteiger partial charge is 0.0278 e. The number of nitrogens with zero attached hydrogens (tertiary/aromatic N) is 1. The van der Waals surface area contributed by atoms with Crippen LogP contribution in [-0.4, -0.2) is 36.1 Å². The highest BCUT2D eigenvalue weighted by Gasteiger charge is 2.35. The predicted octanol–water partition coefficient (Wildman–Crippen LogP) is 3.67. The predicted molar refractivity (Wildman–Crippen MR) is 83.5 cm³/mol. The highest BCUT2D eigenvalue weighted by molar-refractivity contribution is 4.94. The van der Waals surface area contributed by atoms with Gasteiger partial charge in [-0.1, -0.05) is 33.6 Å². The molecule has 2 nitrogen and oxygen atoms in total. The summed E-state index contributed by atoms with van der Waals surface area (Å²) in [6.45, 7) is 13.3. The molecule has 2 rings (SSSR count). The van der Waals surface area contributed by atoms with Gasteiger partial charge in [0.05, 0.1) is 0 Å². The van der Waals surface area contributed by atoms with Crippen molar-refractivity contribution in [2.45, 2.75) is 77.8 Å². The van der Waals surface area contributed by atoms with E-state index < -0.39 is 0 Å². The fourth-order valence-corrected chi connectivity index (χ4v) is 4.04. The summed E-state index contributed by atoms with van der Waals surface area (Å²) in [4.78, 5) is 2.81. The molecule has 4 unspecified atom stereocenters. The minimum atomic E-state index is 0.339. The molecule has 1 aliphatic heterocycles. The number of piperazine rings is 1. The van der Waals surface area contributed by atoms with E-state index in [0.29, 0.717) is 5.54 Å². The van der Waals surface area contributed by atoms with Crippen LogP contribution < -0.4 is 5.32 Å². The van der Waals surface area contributed by atoms with Crippen LogP contribution in [0.15, 0.2) is 0 Å². The van der Waals surface area contributed by atoms with Gasteiger partial charge >= 0.3 is 0 Å². The molecule has 1 heterocycles. The van der Waals surface area contributed by atoms with E-state index >= 15 is 0 Å². The van der Waals surface area contributed by atoms with Crippen LogP contribution in [0.1, 0.15) is 66.2 Å². The number of hydrogen-bond acceptors (Lipinski definition) is 2. The Morgan fingerprint density at radius 2 is 2.05 bits per heavy atom. The molecule has 2 heteroatoms. The Labute approximate surface area is 120 Å². The topological polar surface area (TPSA) is 15.3 Å². The van der Waals surface area contributed by atoms with Crippen molar-refractivity contribution in [3.8, 4) is 0 Å². The van der Waals surface area contributed by atoms with Gasteiger partial charge in [0.25, 0.3) is 0 Å². The lowest BCUT2D eigenvalue weighted by Crippen LogP contribution is -2.63. The molecule has 1 saturated heterocycles. The molecule has 4 atom stereocenters. The molecule has 0 amide bonds. The average Bonchev–Trinajstić information content (AvgIpc) is 2.39. The van der Waals surface area contributed by atoms with E-state index in [1.54, 1.807) is 0 Å². The van der Waals surface area contributed by atoms with E-state index in [2.05, 4.69) is 37.9 Å². The molecule has 0 radical (unpaired) electrons. The van der Waals surface area contributed by atoms with Gasteiger partial charge in [-0.25, -0.2) is 0 Å². The summed E-state index contributed by atoms with van der Waals surface area (Å²) in [5, 5.41) is 3.78. The Kier molecular flexibility index (Phi) is 5.30. The molecule has 112 valence electrons. The molecule has 1 saturated carbocycles. The van der Waals surface area contributed by atoms with Crippen molar-refractivity contribution in [2.75, 3.05) is 19.6 Å². The second-order valence-corrected chi connectivity index (χ2v) is 7.42. The zero-order valence-electron chi connectivity index (χ0n) is 13.5. The van der Waals surface area contributed by atoms with Crippen LogP contribution in [-0.2, 0) is 0 Å². The van der Waals surface area contributed by atoms with Crippen molar-refractivity contribution >= 4 is 0 Å². The second-order valence-electron chi connectivity index (χ2n) is 7.42. The van der Waals surface area contributed by atoms with Crippen molar-refractivity contribution in [2.24, 2.45) is 11.8 Å². The van der Waals surface area contributed by atoms with E-state index in [1.165, 1.54) is 58.2 Å². The number of rotatable bonds is 4. The van der Waals surface area contributed by atoms with Gasteiger partial charge in [0.1, 0.15) is 0 Å². The van der Waals surface area contributed by atoms with Gasteiger partial charge in [0.15, 0.2) is 0 Å². The zero-order valence-corrected chi connectivity index (χ0v) is 13.5. The standard InChI is InChI=1S/C17H34N2/c1-5-16-11-18-17(4,6-2)13-19(16)12-15-9-7-8-14(3)10-15/h14-16,18H,5-13H2,1-4H3. The molecular weight excluding hydrogens is 232 g/mol. The van der Waals surface area contributed by atoms with Crippen LogP contribution in [0.2, 0.25) is 0 Å². The van der Waals surface area contributed by atoms with Crippen molar-refractivity contribution in [1.29, 1.82) is 0 Å². The molecule has 0 bridgehead atoms. The molecule has 0 aromatic rings. The minimum Gasteiger partial charge on any atom is -0.309 e. The largest absolute Gasteiger partial charge is 0.309 e. The van der Waals surface area contributed by atoms with Gasteiger partial charge in [0, 0.05) is 31.2 Å². The number of nitrogens with one attached hydrogen (secondary N) is 1. The Morgan fingerprint density at radius 3 is 2.68 bits per heavy atom. The maximum Gasteiger partial charge on any atom is 0.0278 e. The summed E-state index contributed by atoms with van der Waals surface area (Å²) in [5.74, 6) is 1.91. The molecule has 2 aliphatic rings. The van der Waals surface area contributed by atoms with E-state index in [9.17, 15) is 0 Å². The molecule has 0 spiro atoms. The lowest BCUT2D eigenvalue weighted by Gasteiger charge is -2.47. The lowest BCUT2D eigenvalue weighted by molar-refractivity contribution is 0.0572. The maximum absolute atomic E-state index is 3.78. The molecule has 1 N–H and O–H groups in total. The number of hydrogen-bond donors (Lipinski definition) is 1. The van der Waals surface area contributed by atoms with Gasteiger partial charge in [-0.3, -0.25) is 4.90 Å². The summed E-state index contributed by atoms with van der Waals surface area (Å²) in [6.07, 6.45) is 8.37. The first-order valence-corrected chi connectivity index (χ1v) is 8.55. The normalized spacial score (nSPS) is 41.4. The fourth-order valence-electron chi connectivity index (χ4n) is 4.04. The average molecular weight is 266 g/mol. The zero-order chi connectivity index (χ0) is 13.9. The van der Waals surface area contributed by atoms with Crippen LogP contribution in [0.4, 0.5) is 0 Å². The maximum atomic E-state index is 3.78. The highest BCUT2D eigenvalue weighted by atomic mass is 15.2. The van der Waals surface area contributed by atoms with Crippen molar-refractivity contribution in [1.82, 2.24) is 10.2 Å². The van der Waals surface area contributed by atoms with Crippen LogP contribution in [0.3, 0.4) is 0 Å². The van der Waals surface area contributed by atoms with Crippen molar-refractivity contribution in [3.05, 3.63) is 0 Å². The Bertz CT molecular complexity index is 278. The first-order chi connectivity index (χ1) is 9.06. The van der Waals surface area contributed by atoms with Crippen LogP contribution >= 0.6 is 0 Å². The molecular formula is C17H34N2. The summed E-state index contributed by atoms with van der Waals surface area (Å²) in [5.41, 5.74) is 0.339. The minimum absolute atomic E-state index is 0.339. The summed E-state index contributed by atoms with van der Waals surface area (Å²) in [6, 6.07) is 0.761. The van der Waals surface area contributed by atoms with E-state index in [0.717, 1.165) is 17.9 Å². The van der Waals surface area contributed by atoms with Crippen LogP contribution in [0.25, 0.3) is 0 Å². The molecule has 19 heavy (non-hydrogen) atoms. The highest BCUT2D eigenvalue weighted by Crippen LogP contribution is 2.31.